The van der Waals surface area contributed by atoms with Crippen LogP contribution in [0, 0.1) is 29.1 Å². The first-order valence-electron chi connectivity index (χ1n) is 8.49. The molecule has 0 atom stereocenters. The monoisotopic (exact) mass is 457 g/mol. The van der Waals surface area contributed by atoms with Gasteiger partial charge in [0.1, 0.15) is 6.54 Å². The van der Waals surface area contributed by atoms with Crippen LogP contribution in [-0.2, 0) is 14.8 Å². The Morgan fingerprint density at radius 1 is 0.742 bits per heavy atom. The summed E-state index contributed by atoms with van der Waals surface area (Å²) in [7, 11) is -4.35. The van der Waals surface area contributed by atoms with Gasteiger partial charge in [-0.05, 0) is 24.3 Å². The number of hydrogen-bond donors (Lipinski definition) is 0. The average Bonchev–Trinajstić information content (AvgIpc) is 2.78. The number of anilines is 1. The van der Waals surface area contributed by atoms with Crippen molar-refractivity contribution in [1.29, 1.82) is 0 Å². The summed E-state index contributed by atoms with van der Waals surface area (Å²) < 4.78 is 98.3. The zero-order valence-corrected chi connectivity index (χ0v) is 16.2. The summed E-state index contributed by atoms with van der Waals surface area (Å²) in [4.78, 5) is 12.1. The smallest absolute Gasteiger partial charge is 0.332 e. The van der Waals surface area contributed by atoms with Crippen LogP contribution < -0.4 is 9.04 Å². The van der Waals surface area contributed by atoms with Crippen molar-refractivity contribution in [3.8, 4) is 5.75 Å². The molecule has 5 nitrogen and oxygen atoms in total. The van der Waals surface area contributed by atoms with Gasteiger partial charge in [-0.15, -0.1) is 0 Å². The van der Waals surface area contributed by atoms with Gasteiger partial charge < -0.3 is 4.74 Å². The van der Waals surface area contributed by atoms with Crippen molar-refractivity contribution in [3.05, 3.63) is 89.7 Å². The highest BCUT2D eigenvalue weighted by Gasteiger charge is 2.31. The molecule has 0 aromatic heterocycles. The molecule has 0 bridgehead atoms. The highest BCUT2D eigenvalue weighted by molar-refractivity contribution is 7.92. The quantitative estimate of drug-likeness (QED) is 0.183. The number of carbonyl (C=O) groups is 1. The topological polar surface area (TPSA) is 63.7 Å². The van der Waals surface area contributed by atoms with Crippen LogP contribution in [0.25, 0.3) is 0 Å². The Bertz CT molecular complexity index is 1190. The van der Waals surface area contributed by atoms with E-state index >= 15 is 0 Å². The van der Waals surface area contributed by atoms with Crippen molar-refractivity contribution in [3.63, 3.8) is 0 Å². The molecule has 11 heteroatoms. The van der Waals surface area contributed by atoms with E-state index in [1.54, 1.807) is 12.1 Å². The van der Waals surface area contributed by atoms with E-state index in [0.717, 1.165) is 0 Å². The van der Waals surface area contributed by atoms with Gasteiger partial charge in [-0.25, -0.2) is 26.4 Å². The SMILES string of the molecule is O=C(CN(c1ccccc1)S(=O)(=O)c1ccccc1)Oc1c(F)c(F)c(F)c(F)c1F. The average molecular weight is 457 g/mol. The van der Waals surface area contributed by atoms with E-state index in [-0.39, 0.29) is 10.6 Å². The predicted molar refractivity (Wildman–Crippen MR) is 99.3 cm³/mol. The molecule has 31 heavy (non-hydrogen) atoms. The molecule has 0 unspecified atom stereocenters. The van der Waals surface area contributed by atoms with E-state index in [2.05, 4.69) is 4.74 Å². The Morgan fingerprint density at radius 2 is 1.19 bits per heavy atom. The van der Waals surface area contributed by atoms with Gasteiger partial charge in [-0.1, -0.05) is 36.4 Å². The van der Waals surface area contributed by atoms with E-state index < -0.39 is 57.4 Å². The number of halogens is 5. The lowest BCUT2D eigenvalue weighted by atomic mass is 10.2. The molecule has 0 radical (unpaired) electrons. The van der Waals surface area contributed by atoms with Crippen LogP contribution in [0.4, 0.5) is 27.6 Å². The second kappa shape index (κ2) is 8.72. The predicted octanol–water partition coefficient (Wildman–Crippen LogP) is 4.18. The molecule has 3 aromatic carbocycles. The summed E-state index contributed by atoms with van der Waals surface area (Å²) in [6, 6.07) is 14.1. The Hall–Kier alpha value is -3.47. The third-order valence-corrected chi connectivity index (χ3v) is 5.82. The zero-order valence-electron chi connectivity index (χ0n) is 15.4. The second-order valence-corrected chi connectivity index (χ2v) is 7.90. The van der Waals surface area contributed by atoms with Crippen molar-refractivity contribution in [2.45, 2.75) is 4.90 Å². The molecule has 0 aliphatic heterocycles. The molecule has 3 rings (SSSR count). The largest absolute Gasteiger partial charge is 0.419 e. The lowest BCUT2D eigenvalue weighted by Crippen LogP contribution is -2.37. The molecule has 0 fully saturated rings. The molecule has 0 aliphatic rings. The molecule has 162 valence electrons. The third-order valence-electron chi connectivity index (χ3n) is 4.03. The lowest BCUT2D eigenvalue weighted by Gasteiger charge is -2.23. The van der Waals surface area contributed by atoms with E-state index in [9.17, 15) is 35.2 Å². The number of esters is 1. The van der Waals surface area contributed by atoms with Crippen molar-refractivity contribution in [2.24, 2.45) is 0 Å². The molecule has 3 aromatic rings. The minimum atomic E-state index is -4.35. The first-order chi connectivity index (χ1) is 14.6. The number of hydrogen-bond acceptors (Lipinski definition) is 4. The third kappa shape index (κ3) is 4.36. The molecule has 0 aliphatic carbocycles. The van der Waals surface area contributed by atoms with Crippen LogP contribution in [0.1, 0.15) is 0 Å². The van der Waals surface area contributed by atoms with E-state index in [1.807, 2.05) is 0 Å². The Kier molecular flexibility index (Phi) is 6.25. The normalized spacial score (nSPS) is 11.3. The van der Waals surface area contributed by atoms with E-state index in [0.29, 0.717) is 4.31 Å². The van der Waals surface area contributed by atoms with Crippen LogP contribution in [-0.4, -0.2) is 20.9 Å². The number of sulfonamides is 1. The van der Waals surface area contributed by atoms with Crippen LogP contribution in [0.5, 0.6) is 5.75 Å². The fourth-order valence-corrected chi connectivity index (χ4v) is 4.00. The van der Waals surface area contributed by atoms with E-state index in [1.165, 1.54) is 48.5 Å². The van der Waals surface area contributed by atoms with Crippen molar-refractivity contribution in [2.75, 3.05) is 10.8 Å². The van der Waals surface area contributed by atoms with Gasteiger partial charge in [-0.3, -0.25) is 4.31 Å². The summed E-state index contributed by atoms with van der Waals surface area (Å²) in [5.41, 5.74) is 0.000661. The highest BCUT2D eigenvalue weighted by atomic mass is 32.2. The molecule has 0 heterocycles. The Balaban J connectivity index is 1.98. The highest BCUT2D eigenvalue weighted by Crippen LogP contribution is 2.30. The Labute approximate surface area is 173 Å². The van der Waals surface area contributed by atoms with Gasteiger partial charge in [0, 0.05) is 0 Å². The van der Waals surface area contributed by atoms with E-state index in [4.69, 9.17) is 0 Å². The molecule has 0 spiro atoms. The van der Waals surface area contributed by atoms with Crippen LogP contribution in [0.2, 0.25) is 0 Å². The number of benzene rings is 3. The van der Waals surface area contributed by atoms with Gasteiger partial charge >= 0.3 is 5.97 Å². The summed E-state index contributed by atoms with van der Waals surface area (Å²) in [6.45, 7) is -1.11. The molecule has 0 amide bonds. The maximum Gasteiger partial charge on any atom is 0.332 e. The number of ether oxygens (including phenoxy) is 1. The zero-order chi connectivity index (χ0) is 22.8. The van der Waals surface area contributed by atoms with Crippen LogP contribution >= 0.6 is 0 Å². The maximum atomic E-state index is 13.8. The van der Waals surface area contributed by atoms with Gasteiger partial charge in [0.15, 0.2) is 0 Å². The molecule has 0 saturated heterocycles. The number of nitrogens with zero attached hydrogens (tertiary/aromatic N) is 1. The second-order valence-electron chi connectivity index (χ2n) is 6.03. The lowest BCUT2D eigenvalue weighted by molar-refractivity contribution is -0.133. The van der Waals surface area contributed by atoms with Gasteiger partial charge in [0.2, 0.25) is 34.8 Å². The Morgan fingerprint density at radius 3 is 1.71 bits per heavy atom. The molecular weight excluding hydrogens is 445 g/mol. The fourth-order valence-electron chi connectivity index (χ4n) is 2.57. The minimum absolute atomic E-state index is 0.000661. The van der Waals surface area contributed by atoms with Gasteiger partial charge in [-0.2, -0.15) is 8.78 Å². The maximum absolute atomic E-state index is 13.8. The van der Waals surface area contributed by atoms with Crippen molar-refractivity contribution >= 4 is 21.7 Å². The van der Waals surface area contributed by atoms with Crippen LogP contribution in [0.15, 0.2) is 65.6 Å². The van der Waals surface area contributed by atoms with Crippen LogP contribution in [0.3, 0.4) is 0 Å². The van der Waals surface area contributed by atoms with Gasteiger partial charge in [0.25, 0.3) is 10.0 Å². The number of rotatable bonds is 6. The summed E-state index contributed by atoms with van der Waals surface area (Å²) in [5.74, 6) is -15.2. The minimum Gasteiger partial charge on any atom is -0.419 e. The number of carbonyl (C=O) groups excluding carboxylic acids is 1. The van der Waals surface area contributed by atoms with Gasteiger partial charge in [0.05, 0.1) is 10.6 Å². The summed E-state index contributed by atoms with van der Waals surface area (Å²) in [6.07, 6.45) is 0. The van der Waals surface area contributed by atoms with Crippen molar-refractivity contribution < 1.29 is 39.9 Å². The molecule has 0 N–H and O–H groups in total. The molecular formula is C20H12F5NO4S. The summed E-state index contributed by atoms with van der Waals surface area (Å²) in [5, 5.41) is 0. The first-order valence-corrected chi connectivity index (χ1v) is 9.93. The standard InChI is InChI=1S/C20H12F5NO4S/c21-15-16(22)18(24)20(19(25)17(15)23)30-14(27)11-26(12-7-3-1-4-8-12)31(28,29)13-9-5-2-6-10-13/h1-10H,11H2. The van der Waals surface area contributed by atoms with Crippen molar-refractivity contribution in [1.82, 2.24) is 0 Å². The molecule has 0 saturated carbocycles. The fraction of sp³-hybridized carbons (Fsp3) is 0.0500. The summed E-state index contributed by atoms with van der Waals surface area (Å²) >= 11 is 0. The number of para-hydroxylation sites is 1. The first kappa shape index (κ1) is 22.2.